The molecule has 0 spiro atoms. The lowest BCUT2D eigenvalue weighted by molar-refractivity contribution is 0.402. The van der Waals surface area contributed by atoms with E-state index < -0.39 is 0 Å². The highest BCUT2D eigenvalue weighted by molar-refractivity contribution is 5.54. The van der Waals surface area contributed by atoms with E-state index in [1.807, 2.05) is 13.0 Å². The van der Waals surface area contributed by atoms with Crippen molar-refractivity contribution in [2.24, 2.45) is 10.9 Å². The first-order chi connectivity index (χ1) is 8.22. The van der Waals surface area contributed by atoms with Crippen LogP contribution in [0.3, 0.4) is 0 Å². The highest BCUT2D eigenvalue weighted by Gasteiger charge is 2.04. The molecule has 0 amide bonds. The summed E-state index contributed by atoms with van der Waals surface area (Å²) in [7, 11) is 0. The number of terminal acetylenes is 1. The van der Waals surface area contributed by atoms with Gasteiger partial charge in [-0.15, -0.1) is 12.3 Å². The summed E-state index contributed by atoms with van der Waals surface area (Å²) in [5.41, 5.74) is 0. The molecule has 0 atom stereocenters. The molecule has 0 radical (unpaired) electrons. The van der Waals surface area contributed by atoms with Crippen molar-refractivity contribution in [2.45, 2.75) is 47.0 Å². The zero-order valence-electron chi connectivity index (χ0n) is 11.9. The molecule has 2 nitrogen and oxygen atoms in total. The average Bonchev–Trinajstić information content (AvgIpc) is 2.33. The maximum absolute atomic E-state index is 4.60. The highest BCUT2D eigenvalue weighted by Crippen LogP contribution is 2.08. The van der Waals surface area contributed by atoms with Crippen molar-refractivity contribution in [3.63, 3.8) is 0 Å². The molecule has 98 valence electrons. The first kappa shape index (κ1) is 18.3. The molecule has 0 aliphatic carbocycles. The summed E-state index contributed by atoms with van der Waals surface area (Å²) >= 11 is 0. The van der Waals surface area contributed by atoms with Gasteiger partial charge in [0.2, 0.25) is 0 Å². The second-order valence-corrected chi connectivity index (χ2v) is 3.92. The number of allylic oxidation sites excluding steroid dienone is 1. The van der Waals surface area contributed by atoms with Crippen LogP contribution in [-0.2, 0) is 0 Å². The SMILES string of the molecule is C#CC.CC1CCNCC1.CC=N/C=C\CC. The van der Waals surface area contributed by atoms with Crippen molar-refractivity contribution in [2.75, 3.05) is 13.1 Å². The molecule has 1 aliphatic rings. The van der Waals surface area contributed by atoms with Crippen LogP contribution in [0, 0.1) is 18.3 Å². The molecule has 1 heterocycles. The third-order valence-corrected chi connectivity index (χ3v) is 2.20. The molecule has 0 aromatic heterocycles. The molecule has 2 heteroatoms. The fourth-order valence-electron chi connectivity index (χ4n) is 1.22. The van der Waals surface area contributed by atoms with Gasteiger partial charge in [0.1, 0.15) is 0 Å². The van der Waals surface area contributed by atoms with Crippen molar-refractivity contribution >= 4 is 6.21 Å². The van der Waals surface area contributed by atoms with Crippen molar-refractivity contribution in [3.05, 3.63) is 12.3 Å². The van der Waals surface area contributed by atoms with Gasteiger partial charge in [0.25, 0.3) is 0 Å². The van der Waals surface area contributed by atoms with E-state index in [0.29, 0.717) is 0 Å². The maximum atomic E-state index is 4.60. The predicted molar refractivity (Wildman–Crippen MR) is 79.4 cm³/mol. The highest BCUT2D eigenvalue weighted by atomic mass is 14.9. The fourth-order valence-corrected chi connectivity index (χ4v) is 1.22. The first-order valence-corrected chi connectivity index (χ1v) is 6.43. The van der Waals surface area contributed by atoms with E-state index in [1.165, 1.54) is 25.9 Å². The third kappa shape index (κ3) is 20.9. The summed E-state index contributed by atoms with van der Waals surface area (Å²) in [6, 6.07) is 0. The number of aliphatic imine (C=N–C) groups is 1. The number of hydrogen-bond donors (Lipinski definition) is 1. The Labute approximate surface area is 108 Å². The molecule has 1 N–H and O–H groups in total. The minimum absolute atomic E-state index is 0.973. The summed E-state index contributed by atoms with van der Waals surface area (Å²) in [5, 5.41) is 3.32. The molecule has 0 aromatic carbocycles. The number of hydrogen-bond acceptors (Lipinski definition) is 2. The Morgan fingerprint density at radius 1 is 1.41 bits per heavy atom. The molecular formula is C15H28N2. The van der Waals surface area contributed by atoms with Gasteiger partial charge in [0, 0.05) is 12.4 Å². The number of piperidine rings is 1. The summed E-state index contributed by atoms with van der Waals surface area (Å²) in [6.45, 7) is 10.4. The van der Waals surface area contributed by atoms with E-state index in [-0.39, 0.29) is 0 Å². The summed E-state index contributed by atoms with van der Waals surface area (Å²) in [6.07, 6.45) is 14.0. The molecule has 1 rings (SSSR count). The van der Waals surface area contributed by atoms with Gasteiger partial charge in [-0.05, 0) is 52.1 Å². The fraction of sp³-hybridized carbons (Fsp3) is 0.667. The van der Waals surface area contributed by atoms with Gasteiger partial charge in [0.15, 0.2) is 0 Å². The zero-order chi connectivity index (χ0) is 13.4. The summed E-state index contributed by atoms with van der Waals surface area (Å²) < 4.78 is 0. The van der Waals surface area contributed by atoms with Crippen molar-refractivity contribution in [1.29, 1.82) is 0 Å². The van der Waals surface area contributed by atoms with Crippen molar-refractivity contribution in [1.82, 2.24) is 5.32 Å². The molecule has 0 bridgehead atoms. The Morgan fingerprint density at radius 3 is 2.24 bits per heavy atom. The Bertz CT molecular complexity index is 218. The molecule has 1 fully saturated rings. The minimum Gasteiger partial charge on any atom is -0.317 e. The van der Waals surface area contributed by atoms with Crippen LogP contribution in [0.15, 0.2) is 17.3 Å². The molecule has 0 aromatic rings. The van der Waals surface area contributed by atoms with Gasteiger partial charge in [-0.25, -0.2) is 0 Å². The van der Waals surface area contributed by atoms with Crippen LogP contribution >= 0.6 is 0 Å². The van der Waals surface area contributed by atoms with Crippen molar-refractivity contribution < 1.29 is 0 Å². The van der Waals surface area contributed by atoms with E-state index in [1.54, 1.807) is 19.3 Å². The molecule has 0 saturated carbocycles. The van der Waals surface area contributed by atoms with Crippen LogP contribution in [-0.4, -0.2) is 19.3 Å². The van der Waals surface area contributed by atoms with Gasteiger partial charge in [-0.2, -0.15) is 0 Å². The van der Waals surface area contributed by atoms with Crippen molar-refractivity contribution in [3.8, 4) is 12.3 Å². The zero-order valence-corrected chi connectivity index (χ0v) is 11.9. The van der Waals surface area contributed by atoms with Gasteiger partial charge < -0.3 is 5.32 Å². The van der Waals surface area contributed by atoms with Gasteiger partial charge in [-0.3, -0.25) is 4.99 Å². The Morgan fingerprint density at radius 2 is 1.94 bits per heavy atom. The molecule has 17 heavy (non-hydrogen) atoms. The number of rotatable bonds is 2. The second-order valence-electron chi connectivity index (χ2n) is 3.92. The standard InChI is InChI=1S/C6H13N.C6H11N.C3H4/c1-6-2-4-7-5-3-6;1-3-5-6-7-4-2;1-3-2/h6-7H,2-5H2,1H3;4-6H,3H2,1-2H3;1H,2H3/b;6-5-,7-4?;. The quantitative estimate of drug-likeness (QED) is 0.574. The molecule has 0 unspecified atom stereocenters. The van der Waals surface area contributed by atoms with E-state index >= 15 is 0 Å². The van der Waals surface area contributed by atoms with Crippen LogP contribution in [0.1, 0.15) is 47.0 Å². The Kier molecular flexibility index (Phi) is 18.7. The largest absolute Gasteiger partial charge is 0.317 e. The van der Waals surface area contributed by atoms with E-state index in [4.69, 9.17) is 0 Å². The number of nitrogens with one attached hydrogen (secondary N) is 1. The molecule has 1 saturated heterocycles. The van der Waals surface area contributed by atoms with Gasteiger partial charge >= 0.3 is 0 Å². The maximum Gasteiger partial charge on any atom is 0.0223 e. The molecule has 1 aliphatic heterocycles. The smallest absolute Gasteiger partial charge is 0.0223 e. The van der Waals surface area contributed by atoms with Gasteiger partial charge in [0.05, 0.1) is 0 Å². The lowest BCUT2D eigenvalue weighted by atomic mass is 10.0. The van der Waals surface area contributed by atoms with Crippen LogP contribution in [0.4, 0.5) is 0 Å². The van der Waals surface area contributed by atoms with Crippen LogP contribution in [0.5, 0.6) is 0 Å². The molecular weight excluding hydrogens is 208 g/mol. The predicted octanol–water partition coefficient (Wildman–Crippen LogP) is 3.65. The normalized spacial score (nSPS) is 15.7. The Balaban J connectivity index is 0. The van der Waals surface area contributed by atoms with Crippen LogP contribution < -0.4 is 5.32 Å². The minimum atomic E-state index is 0.973. The van der Waals surface area contributed by atoms with Crippen LogP contribution in [0.2, 0.25) is 0 Å². The van der Waals surface area contributed by atoms with E-state index in [2.05, 4.69) is 36.5 Å². The second kappa shape index (κ2) is 17.3. The first-order valence-electron chi connectivity index (χ1n) is 6.43. The third-order valence-electron chi connectivity index (χ3n) is 2.20. The van der Waals surface area contributed by atoms with E-state index in [9.17, 15) is 0 Å². The lowest BCUT2D eigenvalue weighted by Crippen LogP contribution is -2.26. The summed E-state index contributed by atoms with van der Waals surface area (Å²) in [4.78, 5) is 3.86. The van der Waals surface area contributed by atoms with Crippen LogP contribution in [0.25, 0.3) is 0 Å². The topological polar surface area (TPSA) is 24.4 Å². The van der Waals surface area contributed by atoms with E-state index in [0.717, 1.165) is 12.3 Å². The average molecular weight is 236 g/mol. The Hall–Kier alpha value is -1.07. The summed E-state index contributed by atoms with van der Waals surface area (Å²) in [5.74, 6) is 3.22. The lowest BCUT2D eigenvalue weighted by Gasteiger charge is -2.17. The van der Waals surface area contributed by atoms with Gasteiger partial charge in [-0.1, -0.05) is 19.9 Å². The number of nitrogens with zero attached hydrogens (tertiary/aromatic N) is 1. The monoisotopic (exact) mass is 236 g/mol.